The first-order chi connectivity index (χ1) is 15.1. The Bertz CT molecular complexity index is 1030. The maximum absolute atomic E-state index is 12.4. The van der Waals surface area contributed by atoms with Crippen LogP contribution in [0.3, 0.4) is 0 Å². The first-order valence-electron chi connectivity index (χ1n) is 10.7. The SMILES string of the molecule is COc1cccc(Cc2nsc(N3CCC(CNC(=O)c4ccccc4C)CC3)n2)c1. The molecule has 0 atom stereocenters. The Morgan fingerprint density at radius 2 is 2.00 bits per heavy atom. The summed E-state index contributed by atoms with van der Waals surface area (Å²) in [4.78, 5) is 19.5. The summed E-state index contributed by atoms with van der Waals surface area (Å²) in [5.41, 5.74) is 2.92. The summed E-state index contributed by atoms with van der Waals surface area (Å²) in [7, 11) is 1.68. The van der Waals surface area contributed by atoms with Crippen molar-refractivity contribution < 1.29 is 9.53 Å². The van der Waals surface area contributed by atoms with E-state index in [9.17, 15) is 4.79 Å². The van der Waals surface area contributed by atoms with Crippen molar-refractivity contribution in [3.8, 4) is 5.75 Å². The van der Waals surface area contributed by atoms with Crippen LogP contribution in [-0.2, 0) is 6.42 Å². The van der Waals surface area contributed by atoms with Crippen molar-refractivity contribution in [2.24, 2.45) is 5.92 Å². The summed E-state index contributed by atoms with van der Waals surface area (Å²) >= 11 is 1.47. The van der Waals surface area contributed by atoms with Crippen molar-refractivity contribution in [3.63, 3.8) is 0 Å². The smallest absolute Gasteiger partial charge is 0.251 e. The highest BCUT2D eigenvalue weighted by Gasteiger charge is 2.22. The molecule has 1 aliphatic rings. The second-order valence-corrected chi connectivity index (χ2v) is 8.71. The highest BCUT2D eigenvalue weighted by Crippen LogP contribution is 2.25. The number of carbonyl (C=O) groups is 1. The Hall–Kier alpha value is -2.93. The van der Waals surface area contributed by atoms with Crippen LogP contribution in [0.4, 0.5) is 5.13 Å². The molecule has 1 fully saturated rings. The molecule has 3 aromatic rings. The highest BCUT2D eigenvalue weighted by molar-refractivity contribution is 7.09. The van der Waals surface area contributed by atoms with E-state index < -0.39 is 0 Å². The van der Waals surface area contributed by atoms with Crippen LogP contribution >= 0.6 is 11.5 Å². The Kier molecular flexibility index (Phi) is 6.82. The molecule has 4 rings (SSSR count). The Balaban J connectivity index is 1.26. The molecule has 6 nitrogen and oxygen atoms in total. The van der Waals surface area contributed by atoms with E-state index >= 15 is 0 Å². The molecule has 0 aliphatic carbocycles. The largest absolute Gasteiger partial charge is 0.497 e. The van der Waals surface area contributed by atoms with E-state index in [0.29, 0.717) is 12.3 Å². The third-order valence-electron chi connectivity index (χ3n) is 5.78. The Morgan fingerprint density at radius 1 is 1.19 bits per heavy atom. The number of ether oxygens (including phenoxy) is 1. The zero-order valence-electron chi connectivity index (χ0n) is 18.0. The number of amides is 1. The van der Waals surface area contributed by atoms with Crippen LogP contribution in [0.25, 0.3) is 0 Å². The molecular weight excluding hydrogens is 408 g/mol. The molecule has 162 valence electrons. The van der Waals surface area contributed by atoms with Crippen LogP contribution in [0.5, 0.6) is 5.75 Å². The van der Waals surface area contributed by atoms with E-state index in [4.69, 9.17) is 9.72 Å². The molecule has 0 radical (unpaired) electrons. The molecule has 0 unspecified atom stereocenters. The lowest BCUT2D eigenvalue weighted by Crippen LogP contribution is -2.38. The van der Waals surface area contributed by atoms with Gasteiger partial charge in [-0.2, -0.15) is 4.37 Å². The zero-order chi connectivity index (χ0) is 21.6. The van der Waals surface area contributed by atoms with Gasteiger partial charge in [0.1, 0.15) is 11.6 Å². The van der Waals surface area contributed by atoms with Crippen LogP contribution < -0.4 is 15.0 Å². The molecule has 1 aliphatic heterocycles. The van der Waals surface area contributed by atoms with Crippen molar-refractivity contribution in [1.29, 1.82) is 0 Å². The average Bonchev–Trinajstić information content (AvgIpc) is 3.26. The molecule has 0 spiro atoms. The number of piperidine rings is 1. The average molecular weight is 437 g/mol. The van der Waals surface area contributed by atoms with E-state index in [1.165, 1.54) is 11.5 Å². The normalized spacial score (nSPS) is 14.5. The van der Waals surface area contributed by atoms with Gasteiger partial charge < -0.3 is 15.0 Å². The van der Waals surface area contributed by atoms with Crippen molar-refractivity contribution in [1.82, 2.24) is 14.7 Å². The second kappa shape index (κ2) is 9.92. The predicted octanol–water partition coefficient (Wildman–Crippen LogP) is 4.09. The van der Waals surface area contributed by atoms with Crippen molar-refractivity contribution >= 4 is 22.6 Å². The summed E-state index contributed by atoms with van der Waals surface area (Å²) in [6.07, 6.45) is 2.78. The minimum absolute atomic E-state index is 0.0202. The fraction of sp³-hybridized carbons (Fsp3) is 0.375. The van der Waals surface area contributed by atoms with Gasteiger partial charge >= 0.3 is 0 Å². The first-order valence-corrected chi connectivity index (χ1v) is 11.4. The van der Waals surface area contributed by atoms with Gasteiger partial charge in [0.2, 0.25) is 5.13 Å². The van der Waals surface area contributed by atoms with Gasteiger partial charge in [-0.1, -0.05) is 30.3 Å². The molecule has 1 aromatic heterocycles. The van der Waals surface area contributed by atoms with Crippen LogP contribution in [-0.4, -0.2) is 42.0 Å². The van der Waals surface area contributed by atoms with E-state index in [1.807, 2.05) is 49.4 Å². The van der Waals surface area contributed by atoms with E-state index in [1.54, 1.807) is 7.11 Å². The van der Waals surface area contributed by atoms with Crippen LogP contribution in [0.1, 0.15) is 40.2 Å². The number of anilines is 1. The maximum atomic E-state index is 12.4. The summed E-state index contributed by atoms with van der Waals surface area (Å²) in [6.45, 7) is 4.58. The monoisotopic (exact) mass is 436 g/mol. The van der Waals surface area contributed by atoms with Gasteiger partial charge in [0, 0.05) is 43.2 Å². The van der Waals surface area contributed by atoms with Crippen molar-refractivity contribution in [2.45, 2.75) is 26.2 Å². The fourth-order valence-corrected chi connectivity index (χ4v) is 4.63. The summed E-state index contributed by atoms with van der Waals surface area (Å²) in [5.74, 6) is 2.21. The number of methoxy groups -OCH3 is 1. The van der Waals surface area contributed by atoms with E-state index in [2.05, 4.69) is 20.7 Å². The topological polar surface area (TPSA) is 67.3 Å². The number of hydrogen-bond donors (Lipinski definition) is 1. The Morgan fingerprint density at radius 3 is 2.77 bits per heavy atom. The minimum Gasteiger partial charge on any atom is -0.497 e. The number of carbonyl (C=O) groups excluding carboxylic acids is 1. The minimum atomic E-state index is 0.0202. The van der Waals surface area contributed by atoms with Crippen molar-refractivity contribution in [3.05, 3.63) is 71.0 Å². The van der Waals surface area contributed by atoms with E-state index in [-0.39, 0.29) is 5.91 Å². The van der Waals surface area contributed by atoms with Gasteiger partial charge in [-0.15, -0.1) is 0 Å². The van der Waals surface area contributed by atoms with Crippen molar-refractivity contribution in [2.75, 3.05) is 31.6 Å². The molecule has 31 heavy (non-hydrogen) atoms. The number of hydrogen-bond acceptors (Lipinski definition) is 6. The molecule has 2 aromatic carbocycles. The van der Waals surface area contributed by atoms with Crippen LogP contribution in [0.15, 0.2) is 48.5 Å². The molecule has 2 heterocycles. The van der Waals surface area contributed by atoms with Gasteiger partial charge in [-0.3, -0.25) is 4.79 Å². The number of rotatable bonds is 7. The fourth-order valence-electron chi connectivity index (χ4n) is 3.90. The lowest BCUT2D eigenvalue weighted by Gasteiger charge is -2.31. The third kappa shape index (κ3) is 5.41. The second-order valence-electron chi connectivity index (χ2n) is 7.98. The third-order valence-corrected chi connectivity index (χ3v) is 6.59. The molecule has 7 heteroatoms. The molecule has 1 N–H and O–H groups in total. The molecule has 0 saturated carbocycles. The van der Waals surface area contributed by atoms with Crippen LogP contribution in [0.2, 0.25) is 0 Å². The molecule has 1 saturated heterocycles. The summed E-state index contributed by atoms with van der Waals surface area (Å²) in [6, 6.07) is 15.7. The van der Waals surface area contributed by atoms with E-state index in [0.717, 1.165) is 65.9 Å². The predicted molar refractivity (Wildman–Crippen MR) is 124 cm³/mol. The lowest BCUT2D eigenvalue weighted by atomic mass is 9.97. The highest BCUT2D eigenvalue weighted by atomic mass is 32.1. The molecule has 0 bridgehead atoms. The first kappa shape index (κ1) is 21.3. The maximum Gasteiger partial charge on any atom is 0.251 e. The standard InChI is InChI=1S/C24H28N4O2S/c1-17-6-3-4-9-21(17)23(29)25-16-18-10-12-28(13-11-18)24-26-22(27-31-24)15-19-7-5-8-20(14-19)30-2/h3-9,14,18H,10-13,15-16H2,1-2H3,(H,25,29). The molecule has 1 amide bonds. The van der Waals surface area contributed by atoms with Gasteiger partial charge in [0.15, 0.2) is 0 Å². The number of benzene rings is 2. The van der Waals surface area contributed by atoms with Gasteiger partial charge in [-0.25, -0.2) is 4.98 Å². The quantitative estimate of drug-likeness (QED) is 0.604. The number of nitrogens with zero attached hydrogens (tertiary/aromatic N) is 3. The number of nitrogens with one attached hydrogen (secondary N) is 1. The summed E-state index contributed by atoms with van der Waals surface area (Å²) in [5, 5.41) is 4.10. The van der Waals surface area contributed by atoms with Crippen LogP contribution in [0, 0.1) is 12.8 Å². The molecular formula is C24H28N4O2S. The lowest BCUT2D eigenvalue weighted by molar-refractivity contribution is 0.0944. The number of aromatic nitrogens is 2. The number of aryl methyl sites for hydroxylation is 1. The van der Waals surface area contributed by atoms with Gasteiger partial charge in [-0.05, 0) is 55.0 Å². The zero-order valence-corrected chi connectivity index (χ0v) is 18.8. The summed E-state index contributed by atoms with van der Waals surface area (Å²) < 4.78 is 9.85. The van der Waals surface area contributed by atoms with Gasteiger partial charge in [0.25, 0.3) is 5.91 Å². The Labute approximate surface area is 187 Å². The van der Waals surface area contributed by atoms with Gasteiger partial charge in [0.05, 0.1) is 7.11 Å².